The number of carboxylic acid groups (broad SMARTS) is 1. The first-order chi connectivity index (χ1) is 8.58. The molecule has 0 fully saturated rings. The molecule has 0 spiro atoms. The molecule has 92 valence electrons. The third-order valence-electron chi connectivity index (χ3n) is 3.07. The van der Waals surface area contributed by atoms with Gasteiger partial charge in [0.1, 0.15) is 5.92 Å². The highest BCUT2D eigenvalue weighted by atomic mass is 16.4. The minimum absolute atomic E-state index is 0.591. The van der Waals surface area contributed by atoms with Crippen LogP contribution in [0.4, 0.5) is 0 Å². The lowest BCUT2D eigenvalue weighted by atomic mass is 9.90. The van der Waals surface area contributed by atoms with E-state index in [0.717, 1.165) is 22.3 Å². The molecule has 0 aliphatic carbocycles. The lowest BCUT2D eigenvalue weighted by Gasteiger charge is -2.13. The molecule has 0 unspecified atom stereocenters. The molecule has 0 saturated heterocycles. The van der Waals surface area contributed by atoms with E-state index in [4.69, 9.17) is 0 Å². The van der Waals surface area contributed by atoms with Crippen LogP contribution in [0.3, 0.4) is 0 Å². The number of benzene rings is 2. The van der Waals surface area contributed by atoms with Crippen molar-refractivity contribution in [1.82, 2.24) is 0 Å². The van der Waals surface area contributed by atoms with Gasteiger partial charge in [0.2, 0.25) is 0 Å². The Morgan fingerprint density at radius 2 is 1.17 bits per heavy atom. The predicted octanol–water partition coefficient (Wildman–Crippen LogP) is 3.52. The topological polar surface area (TPSA) is 37.3 Å². The summed E-state index contributed by atoms with van der Waals surface area (Å²) in [6, 6.07) is 15.3. The Morgan fingerprint density at radius 1 is 0.833 bits per heavy atom. The van der Waals surface area contributed by atoms with E-state index in [1.165, 1.54) is 0 Å². The second-order valence-electron chi connectivity index (χ2n) is 4.59. The Bertz CT molecular complexity index is 493. The van der Waals surface area contributed by atoms with Gasteiger partial charge in [0.15, 0.2) is 0 Å². The Hall–Kier alpha value is -2.09. The van der Waals surface area contributed by atoms with Crippen LogP contribution in [0, 0.1) is 13.8 Å². The third kappa shape index (κ3) is 2.59. The number of aliphatic carboxylic acids is 1. The fourth-order valence-corrected chi connectivity index (χ4v) is 2.00. The van der Waals surface area contributed by atoms with Crippen LogP contribution in [0.25, 0.3) is 0 Å². The first-order valence-corrected chi connectivity index (χ1v) is 5.94. The van der Waals surface area contributed by atoms with E-state index in [0.29, 0.717) is 0 Å². The van der Waals surface area contributed by atoms with Crippen molar-refractivity contribution < 1.29 is 9.90 Å². The maximum absolute atomic E-state index is 11.5. The number of hydrogen-bond donors (Lipinski definition) is 1. The van der Waals surface area contributed by atoms with Gasteiger partial charge in [-0.25, -0.2) is 0 Å². The minimum Gasteiger partial charge on any atom is -0.481 e. The molecule has 0 aliphatic heterocycles. The van der Waals surface area contributed by atoms with Gasteiger partial charge in [0.05, 0.1) is 0 Å². The molecule has 18 heavy (non-hydrogen) atoms. The molecule has 0 aliphatic rings. The van der Waals surface area contributed by atoms with Crippen LogP contribution < -0.4 is 0 Å². The summed E-state index contributed by atoms with van der Waals surface area (Å²) in [6.07, 6.45) is 0. The maximum atomic E-state index is 11.5. The van der Waals surface area contributed by atoms with Crippen molar-refractivity contribution >= 4 is 5.97 Å². The number of hydrogen-bond acceptors (Lipinski definition) is 1. The van der Waals surface area contributed by atoms with Crippen molar-refractivity contribution in [3.8, 4) is 0 Å². The van der Waals surface area contributed by atoms with Gasteiger partial charge in [-0.15, -0.1) is 0 Å². The highest BCUT2D eigenvalue weighted by molar-refractivity contribution is 5.80. The zero-order chi connectivity index (χ0) is 13.1. The molecule has 2 aromatic rings. The molecule has 2 heteroatoms. The highest BCUT2D eigenvalue weighted by Gasteiger charge is 2.21. The van der Waals surface area contributed by atoms with Crippen LogP contribution >= 0.6 is 0 Å². The average Bonchev–Trinajstić information content (AvgIpc) is 2.34. The molecule has 0 atom stereocenters. The smallest absolute Gasteiger partial charge is 0.315 e. The summed E-state index contributed by atoms with van der Waals surface area (Å²) >= 11 is 0. The molecule has 1 N–H and O–H groups in total. The van der Waals surface area contributed by atoms with Crippen molar-refractivity contribution in [3.05, 3.63) is 70.8 Å². The Labute approximate surface area is 107 Å². The molecule has 0 radical (unpaired) electrons. The van der Waals surface area contributed by atoms with Crippen molar-refractivity contribution in [1.29, 1.82) is 0 Å². The van der Waals surface area contributed by atoms with Crippen molar-refractivity contribution in [2.75, 3.05) is 0 Å². The average molecular weight is 240 g/mol. The zero-order valence-corrected chi connectivity index (χ0v) is 10.6. The van der Waals surface area contributed by atoms with Gasteiger partial charge in [-0.05, 0) is 25.0 Å². The molecule has 2 nitrogen and oxygen atoms in total. The van der Waals surface area contributed by atoms with Crippen LogP contribution in [0.15, 0.2) is 48.5 Å². The lowest BCUT2D eigenvalue weighted by molar-refractivity contribution is -0.137. The molecule has 0 aromatic heterocycles. The molecule has 0 saturated carbocycles. The normalized spacial score (nSPS) is 10.6. The van der Waals surface area contributed by atoms with Crippen LogP contribution in [-0.2, 0) is 4.79 Å². The Balaban J connectivity index is 2.43. The summed E-state index contributed by atoms with van der Waals surface area (Å²) in [6.45, 7) is 3.98. The van der Waals surface area contributed by atoms with E-state index >= 15 is 0 Å². The second-order valence-corrected chi connectivity index (χ2v) is 4.59. The summed E-state index contributed by atoms with van der Waals surface area (Å²) in [7, 11) is 0. The van der Waals surface area contributed by atoms with Crippen LogP contribution in [0.2, 0.25) is 0 Å². The SMILES string of the molecule is Cc1ccc(C(C(=O)O)c2ccc(C)cc2)cc1. The quantitative estimate of drug-likeness (QED) is 0.891. The fourth-order valence-electron chi connectivity index (χ4n) is 2.00. The number of carbonyl (C=O) groups is 1. The predicted molar refractivity (Wildman–Crippen MR) is 71.8 cm³/mol. The second kappa shape index (κ2) is 5.05. The van der Waals surface area contributed by atoms with E-state index in [1.807, 2.05) is 62.4 Å². The standard InChI is InChI=1S/C16H16O2/c1-11-3-7-13(8-4-11)15(16(17)18)14-9-5-12(2)6-10-14/h3-10,15H,1-2H3,(H,17,18). The van der Waals surface area contributed by atoms with Crippen LogP contribution in [0.1, 0.15) is 28.2 Å². The van der Waals surface area contributed by atoms with Gasteiger partial charge in [0, 0.05) is 0 Å². The molecule has 2 rings (SSSR count). The highest BCUT2D eigenvalue weighted by Crippen LogP contribution is 2.25. The Morgan fingerprint density at radius 3 is 1.44 bits per heavy atom. The molecule has 0 heterocycles. The first kappa shape index (κ1) is 12.4. The summed E-state index contributed by atoms with van der Waals surface area (Å²) in [5.41, 5.74) is 3.90. The molecule has 0 bridgehead atoms. The van der Waals surface area contributed by atoms with Crippen molar-refractivity contribution in [2.24, 2.45) is 0 Å². The van der Waals surface area contributed by atoms with E-state index < -0.39 is 11.9 Å². The number of rotatable bonds is 3. The minimum atomic E-state index is -0.817. The third-order valence-corrected chi connectivity index (χ3v) is 3.07. The number of carboxylic acids is 1. The van der Waals surface area contributed by atoms with E-state index in [2.05, 4.69) is 0 Å². The van der Waals surface area contributed by atoms with E-state index in [-0.39, 0.29) is 0 Å². The summed E-state index contributed by atoms with van der Waals surface area (Å²) < 4.78 is 0. The maximum Gasteiger partial charge on any atom is 0.315 e. The molecule has 0 amide bonds. The number of aryl methyl sites for hydroxylation is 2. The van der Waals surface area contributed by atoms with Gasteiger partial charge >= 0.3 is 5.97 Å². The van der Waals surface area contributed by atoms with Gasteiger partial charge in [-0.2, -0.15) is 0 Å². The molecular formula is C16H16O2. The molecular weight excluding hydrogens is 224 g/mol. The van der Waals surface area contributed by atoms with Gasteiger partial charge < -0.3 is 5.11 Å². The van der Waals surface area contributed by atoms with E-state index in [1.54, 1.807) is 0 Å². The fraction of sp³-hybridized carbons (Fsp3) is 0.188. The van der Waals surface area contributed by atoms with Crippen LogP contribution in [0.5, 0.6) is 0 Å². The molecule has 2 aromatic carbocycles. The monoisotopic (exact) mass is 240 g/mol. The van der Waals surface area contributed by atoms with Gasteiger partial charge in [-0.1, -0.05) is 59.7 Å². The van der Waals surface area contributed by atoms with Crippen LogP contribution in [-0.4, -0.2) is 11.1 Å². The largest absolute Gasteiger partial charge is 0.481 e. The van der Waals surface area contributed by atoms with E-state index in [9.17, 15) is 9.90 Å². The van der Waals surface area contributed by atoms with Crippen molar-refractivity contribution in [3.63, 3.8) is 0 Å². The van der Waals surface area contributed by atoms with Crippen molar-refractivity contribution in [2.45, 2.75) is 19.8 Å². The van der Waals surface area contributed by atoms with Gasteiger partial charge in [-0.3, -0.25) is 4.79 Å². The summed E-state index contributed by atoms with van der Waals surface area (Å²) in [5.74, 6) is -1.41. The Kier molecular flexibility index (Phi) is 3.47. The zero-order valence-electron chi connectivity index (χ0n) is 10.6. The summed E-state index contributed by atoms with van der Waals surface area (Å²) in [5, 5.41) is 9.42. The first-order valence-electron chi connectivity index (χ1n) is 5.94. The summed E-state index contributed by atoms with van der Waals surface area (Å²) in [4.78, 5) is 11.5. The lowest BCUT2D eigenvalue weighted by Crippen LogP contribution is -2.13. The van der Waals surface area contributed by atoms with Gasteiger partial charge in [0.25, 0.3) is 0 Å².